The average Bonchev–Trinajstić information content (AvgIpc) is 3.33. The Balaban J connectivity index is 1.43. The van der Waals surface area contributed by atoms with Crippen molar-refractivity contribution < 1.29 is 0 Å². The molecule has 0 aliphatic heterocycles. The van der Waals surface area contributed by atoms with Crippen molar-refractivity contribution in [3.05, 3.63) is 77.5 Å². The molecule has 3 aromatic heterocycles. The third-order valence-corrected chi connectivity index (χ3v) is 4.96. The lowest BCUT2D eigenvalue weighted by molar-refractivity contribution is 0.916. The Morgan fingerprint density at radius 2 is 1.96 bits per heavy atom. The lowest BCUT2D eigenvalue weighted by atomic mass is 10.2. The number of nitrogens with zero attached hydrogens (tertiary/aromatic N) is 6. The van der Waals surface area contributed by atoms with Crippen molar-refractivity contribution in [3.8, 4) is 5.69 Å². The lowest BCUT2D eigenvalue weighted by Gasteiger charge is -2.12. The third-order valence-electron chi connectivity index (χ3n) is 4.61. The molecule has 5 rings (SSSR count). The minimum absolute atomic E-state index is 0.558. The summed E-state index contributed by atoms with van der Waals surface area (Å²) in [7, 11) is 0. The highest BCUT2D eigenvalue weighted by Gasteiger charge is 2.09. The van der Waals surface area contributed by atoms with Gasteiger partial charge in [-0.1, -0.05) is 29.8 Å². The zero-order chi connectivity index (χ0) is 19.1. The SMILES string of the molecule is Cc1cc(NCc2ccc(-n3cnc4ccccc43)cc2Cl)n2ncnc2n1. The minimum Gasteiger partial charge on any atom is -0.366 e. The van der Waals surface area contributed by atoms with Gasteiger partial charge in [-0.25, -0.2) is 9.97 Å². The largest absolute Gasteiger partial charge is 0.366 e. The summed E-state index contributed by atoms with van der Waals surface area (Å²) in [6.45, 7) is 2.49. The van der Waals surface area contributed by atoms with Crippen molar-refractivity contribution in [2.24, 2.45) is 0 Å². The molecule has 0 radical (unpaired) electrons. The molecular formula is C20H16ClN7. The molecule has 5 aromatic rings. The fraction of sp³-hybridized carbons (Fsp3) is 0.100. The molecule has 8 heteroatoms. The van der Waals surface area contributed by atoms with Crippen LogP contribution in [0.5, 0.6) is 0 Å². The number of aryl methyl sites for hydroxylation is 1. The maximum absolute atomic E-state index is 6.57. The van der Waals surface area contributed by atoms with Crippen molar-refractivity contribution in [1.29, 1.82) is 0 Å². The molecule has 7 nitrogen and oxygen atoms in total. The Morgan fingerprint density at radius 3 is 2.86 bits per heavy atom. The van der Waals surface area contributed by atoms with Crippen molar-refractivity contribution >= 4 is 34.2 Å². The Labute approximate surface area is 165 Å². The van der Waals surface area contributed by atoms with E-state index >= 15 is 0 Å². The summed E-state index contributed by atoms with van der Waals surface area (Å²) in [6, 6.07) is 16.0. The number of rotatable bonds is 4. The van der Waals surface area contributed by atoms with Crippen LogP contribution in [0.4, 0.5) is 5.82 Å². The predicted molar refractivity (Wildman–Crippen MR) is 109 cm³/mol. The zero-order valence-electron chi connectivity index (χ0n) is 15.0. The first-order valence-corrected chi connectivity index (χ1v) is 9.19. The number of para-hydroxylation sites is 2. The van der Waals surface area contributed by atoms with Crippen LogP contribution in [0.1, 0.15) is 11.3 Å². The second kappa shape index (κ2) is 6.61. The maximum Gasteiger partial charge on any atom is 0.254 e. The van der Waals surface area contributed by atoms with Crippen LogP contribution in [0.25, 0.3) is 22.5 Å². The molecule has 28 heavy (non-hydrogen) atoms. The van der Waals surface area contributed by atoms with Crippen LogP contribution in [-0.2, 0) is 6.54 Å². The Kier molecular flexibility index (Phi) is 3.95. The fourth-order valence-electron chi connectivity index (χ4n) is 3.24. The number of benzene rings is 2. The summed E-state index contributed by atoms with van der Waals surface area (Å²) in [4.78, 5) is 12.9. The van der Waals surface area contributed by atoms with Gasteiger partial charge < -0.3 is 5.32 Å². The molecule has 0 bridgehead atoms. The molecule has 1 N–H and O–H groups in total. The number of aromatic nitrogens is 6. The van der Waals surface area contributed by atoms with E-state index in [1.807, 2.05) is 66.3 Å². The van der Waals surface area contributed by atoms with Gasteiger partial charge in [-0.3, -0.25) is 4.57 Å². The van der Waals surface area contributed by atoms with E-state index in [1.165, 1.54) is 6.33 Å². The summed E-state index contributed by atoms with van der Waals surface area (Å²) in [6.07, 6.45) is 3.31. The first kappa shape index (κ1) is 16.7. The molecule has 138 valence electrons. The molecule has 0 aliphatic rings. The molecule has 0 spiro atoms. The van der Waals surface area contributed by atoms with Crippen LogP contribution in [0, 0.1) is 6.92 Å². The van der Waals surface area contributed by atoms with E-state index in [-0.39, 0.29) is 0 Å². The second-order valence-electron chi connectivity index (χ2n) is 6.49. The van der Waals surface area contributed by atoms with Crippen molar-refractivity contribution in [1.82, 2.24) is 29.1 Å². The third kappa shape index (κ3) is 2.86. The van der Waals surface area contributed by atoms with Crippen LogP contribution < -0.4 is 5.32 Å². The monoisotopic (exact) mass is 389 g/mol. The number of hydrogen-bond acceptors (Lipinski definition) is 5. The van der Waals surface area contributed by atoms with Gasteiger partial charge in [-0.2, -0.15) is 14.6 Å². The summed E-state index contributed by atoms with van der Waals surface area (Å²) in [5.41, 5.74) is 4.83. The molecular weight excluding hydrogens is 374 g/mol. The fourth-order valence-corrected chi connectivity index (χ4v) is 3.48. The first-order chi connectivity index (χ1) is 13.7. The highest BCUT2D eigenvalue weighted by atomic mass is 35.5. The molecule has 0 fully saturated rings. The van der Waals surface area contributed by atoms with Gasteiger partial charge in [0.25, 0.3) is 5.78 Å². The van der Waals surface area contributed by atoms with Crippen LogP contribution >= 0.6 is 11.6 Å². The van der Waals surface area contributed by atoms with Gasteiger partial charge in [-0.05, 0) is 36.8 Å². The molecule has 0 unspecified atom stereocenters. The second-order valence-corrected chi connectivity index (χ2v) is 6.89. The number of nitrogens with one attached hydrogen (secondary N) is 1. The van der Waals surface area contributed by atoms with Crippen molar-refractivity contribution in [2.75, 3.05) is 5.32 Å². The molecule has 0 amide bonds. The van der Waals surface area contributed by atoms with Gasteiger partial charge in [0.2, 0.25) is 0 Å². The van der Waals surface area contributed by atoms with Crippen molar-refractivity contribution in [3.63, 3.8) is 0 Å². The molecule has 0 saturated carbocycles. The molecule has 2 aromatic carbocycles. The van der Waals surface area contributed by atoms with Gasteiger partial charge in [0, 0.05) is 29.0 Å². The van der Waals surface area contributed by atoms with Crippen LogP contribution in [0.15, 0.2) is 61.2 Å². The highest BCUT2D eigenvalue weighted by Crippen LogP contribution is 2.24. The number of halogens is 1. The predicted octanol–water partition coefficient (Wildman–Crippen LogP) is 4.04. The highest BCUT2D eigenvalue weighted by molar-refractivity contribution is 6.31. The molecule has 0 aliphatic carbocycles. The average molecular weight is 390 g/mol. The van der Waals surface area contributed by atoms with E-state index in [2.05, 4.69) is 25.4 Å². The molecule has 0 saturated heterocycles. The Hall–Kier alpha value is -3.45. The lowest BCUT2D eigenvalue weighted by Crippen LogP contribution is -2.07. The van der Waals surface area contributed by atoms with E-state index in [4.69, 9.17) is 11.6 Å². The van der Waals surface area contributed by atoms with Gasteiger partial charge >= 0.3 is 0 Å². The van der Waals surface area contributed by atoms with Crippen LogP contribution in [0.3, 0.4) is 0 Å². The van der Waals surface area contributed by atoms with Crippen LogP contribution in [0.2, 0.25) is 5.02 Å². The molecule has 0 atom stereocenters. The topological polar surface area (TPSA) is 72.9 Å². The Bertz CT molecular complexity index is 1300. The normalized spacial score (nSPS) is 11.4. The molecule has 3 heterocycles. The van der Waals surface area contributed by atoms with E-state index in [0.29, 0.717) is 17.3 Å². The van der Waals surface area contributed by atoms with Crippen LogP contribution in [-0.4, -0.2) is 29.1 Å². The number of fused-ring (bicyclic) bond motifs is 2. The summed E-state index contributed by atoms with van der Waals surface area (Å²) in [5, 5.41) is 8.26. The van der Waals surface area contributed by atoms with Gasteiger partial charge in [0.1, 0.15) is 18.5 Å². The standard InChI is InChI=1S/C20H16ClN7/c1-13-8-19(28-20(26-13)23-11-25-28)22-10-14-6-7-15(9-16(14)21)27-12-24-17-4-2-3-5-18(17)27/h2-9,11-12,22H,10H2,1H3. The number of anilines is 1. The van der Waals surface area contributed by atoms with Gasteiger partial charge in [0.15, 0.2) is 0 Å². The van der Waals surface area contributed by atoms with E-state index in [1.54, 1.807) is 4.52 Å². The Morgan fingerprint density at radius 1 is 1.07 bits per heavy atom. The first-order valence-electron chi connectivity index (χ1n) is 8.81. The summed E-state index contributed by atoms with van der Waals surface area (Å²) >= 11 is 6.57. The van der Waals surface area contributed by atoms with Crippen molar-refractivity contribution in [2.45, 2.75) is 13.5 Å². The van der Waals surface area contributed by atoms with E-state index in [0.717, 1.165) is 33.8 Å². The van der Waals surface area contributed by atoms with E-state index in [9.17, 15) is 0 Å². The summed E-state index contributed by atoms with van der Waals surface area (Å²) in [5.74, 6) is 1.39. The van der Waals surface area contributed by atoms with E-state index < -0.39 is 0 Å². The number of imidazole rings is 1. The van der Waals surface area contributed by atoms with Gasteiger partial charge in [-0.15, -0.1) is 0 Å². The number of hydrogen-bond donors (Lipinski definition) is 1. The smallest absolute Gasteiger partial charge is 0.254 e. The minimum atomic E-state index is 0.558. The zero-order valence-corrected chi connectivity index (χ0v) is 15.8. The quantitative estimate of drug-likeness (QED) is 0.502. The maximum atomic E-state index is 6.57. The van der Waals surface area contributed by atoms with Gasteiger partial charge in [0.05, 0.1) is 11.0 Å². The summed E-state index contributed by atoms with van der Waals surface area (Å²) < 4.78 is 3.70.